The molecule has 0 saturated heterocycles. The van der Waals surface area contributed by atoms with Crippen molar-refractivity contribution in [1.29, 1.82) is 0 Å². The van der Waals surface area contributed by atoms with Gasteiger partial charge in [0.2, 0.25) is 0 Å². The summed E-state index contributed by atoms with van der Waals surface area (Å²) in [4.78, 5) is 23.1. The average molecular weight is 445 g/mol. The van der Waals surface area contributed by atoms with E-state index in [0.717, 1.165) is 56.9 Å². The van der Waals surface area contributed by atoms with Crippen molar-refractivity contribution < 1.29 is 48.6 Å². The topological polar surface area (TPSA) is 79.6 Å². The van der Waals surface area contributed by atoms with Crippen LogP contribution in [0.1, 0.15) is 57.8 Å². The van der Waals surface area contributed by atoms with Crippen LogP contribution < -0.4 is 44.8 Å². The first-order valence-electron chi connectivity index (χ1n) is 11.1. The van der Waals surface area contributed by atoms with Crippen molar-refractivity contribution >= 4 is 16.9 Å². The molecule has 0 saturated carbocycles. The number of fused-ring (bicyclic) bond motifs is 1. The molecule has 1 aromatic heterocycles. The minimum Gasteiger partial charge on any atom is -0.550 e. The molecule has 0 N–H and O–H groups in total. The van der Waals surface area contributed by atoms with Crippen molar-refractivity contribution in [1.82, 2.24) is 0 Å². The van der Waals surface area contributed by atoms with Crippen LogP contribution >= 0.6 is 0 Å². The molecule has 0 aliphatic heterocycles. The number of carbonyl (C=O) groups is 1. The first kappa shape index (κ1) is 26.2. The van der Waals surface area contributed by atoms with E-state index in [1.54, 1.807) is 12.1 Å². The number of ether oxygens (including phenoxy) is 1. The second-order valence-corrected chi connectivity index (χ2v) is 7.80. The Hall–Kier alpha value is -2.08. The minimum atomic E-state index is -0.953. The summed E-state index contributed by atoms with van der Waals surface area (Å²) in [6.45, 7) is 0.628. The van der Waals surface area contributed by atoms with Gasteiger partial charge in [-0.1, -0.05) is 68.9 Å². The Morgan fingerprint density at radius 1 is 0.875 bits per heavy atom. The minimum absolute atomic E-state index is 0. The third-order valence-electron chi connectivity index (χ3n) is 5.37. The van der Waals surface area contributed by atoms with E-state index in [-0.39, 0.29) is 41.4 Å². The standard InChI is InChI=1S/C26H30O5.Na/c27-25(28)14-10-5-3-1-2-4-6-11-17-30-21-15-16-22-24(18-21)31-19-23(26(22)29)20-12-8-7-9-13-20;/h7-9,12-13,15-16,18-19H,1-6,10-11,14,17H2,(H,27,28);/q;+1/p-1. The summed E-state index contributed by atoms with van der Waals surface area (Å²) >= 11 is 0. The van der Waals surface area contributed by atoms with Crippen molar-refractivity contribution in [2.45, 2.75) is 57.8 Å². The number of carboxylic acid groups (broad SMARTS) is 1. The third kappa shape index (κ3) is 8.12. The third-order valence-corrected chi connectivity index (χ3v) is 5.37. The van der Waals surface area contributed by atoms with Crippen LogP contribution in [0, 0.1) is 0 Å². The van der Waals surface area contributed by atoms with E-state index in [1.165, 1.54) is 6.26 Å². The Labute approximate surface area is 211 Å². The van der Waals surface area contributed by atoms with Gasteiger partial charge in [0.15, 0.2) is 5.43 Å². The van der Waals surface area contributed by atoms with Gasteiger partial charge in [-0.3, -0.25) is 4.79 Å². The van der Waals surface area contributed by atoms with Crippen LogP contribution in [0.4, 0.5) is 0 Å². The summed E-state index contributed by atoms with van der Waals surface area (Å²) in [6, 6.07) is 14.9. The summed E-state index contributed by atoms with van der Waals surface area (Å²) < 4.78 is 11.5. The Morgan fingerprint density at radius 2 is 1.53 bits per heavy atom. The molecule has 3 rings (SSSR count). The van der Waals surface area contributed by atoms with Crippen molar-refractivity contribution in [2.24, 2.45) is 0 Å². The molecule has 0 aliphatic carbocycles. The molecule has 6 heteroatoms. The van der Waals surface area contributed by atoms with Gasteiger partial charge in [-0.05, 0) is 37.0 Å². The summed E-state index contributed by atoms with van der Waals surface area (Å²) in [5.74, 6) is -0.249. The maximum atomic E-state index is 12.8. The molecule has 5 nitrogen and oxygen atoms in total. The molecule has 3 aromatic rings. The molecule has 2 aromatic carbocycles. The Kier molecular flexibility index (Phi) is 11.6. The first-order valence-corrected chi connectivity index (χ1v) is 11.1. The van der Waals surface area contributed by atoms with E-state index < -0.39 is 5.97 Å². The number of unbranched alkanes of at least 4 members (excludes halogenated alkanes) is 7. The Morgan fingerprint density at radius 3 is 2.22 bits per heavy atom. The predicted molar refractivity (Wildman–Crippen MR) is 120 cm³/mol. The van der Waals surface area contributed by atoms with Gasteiger partial charge in [-0.25, -0.2) is 0 Å². The molecule has 164 valence electrons. The number of hydrogen-bond donors (Lipinski definition) is 0. The van der Waals surface area contributed by atoms with Gasteiger partial charge in [0.1, 0.15) is 17.6 Å². The zero-order valence-corrected chi connectivity index (χ0v) is 20.8. The number of benzene rings is 2. The monoisotopic (exact) mass is 444 g/mol. The summed E-state index contributed by atoms with van der Waals surface area (Å²) in [5.41, 5.74) is 1.89. The molecular formula is C26H29NaO5. The number of carbonyl (C=O) groups excluding carboxylic acids is 1. The molecule has 0 radical (unpaired) electrons. The average Bonchev–Trinajstić information content (AvgIpc) is 2.78. The van der Waals surface area contributed by atoms with Crippen molar-refractivity contribution in [3.63, 3.8) is 0 Å². The number of rotatable bonds is 13. The normalized spacial score (nSPS) is 10.6. The fraction of sp³-hybridized carbons (Fsp3) is 0.385. The molecule has 0 atom stereocenters. The van der Waals surface area contributed by atoms with Gasteiger partial charge < -0.3 is 19.1 Å². The second-order valence-electron chi connectivity index (χ2n) is 7.80. The van der Waals surface area contributed by atoms with Gasteiger partial charge in [0, 0.05) is 12.0 Å². The largest absolute Gasteiger partial charge is 1.00 e. The quantitative estimate of drug-likeness (QED) is 0.298. The fourth-order valence-electron chi connectivity index (χ4n) is 3.64. The Balaban J connectivity index is 0.00000363. The first-order chi connectivity index (χ1) is 15.1. The number of hydrogen-bond acceptors (Lipinski definition) is 5. The molecule has 0 spiro atoms. The van der Waals surface area contributed by atoms with E-state index in [4.69, 9.17) is 9.15 Å². The van der Waals surface area contributed by atoms with Crippen LogP contribution in [0.25, 0.3) is 22.1 Å². The summed E-state index contributed by atoms with van der Waals surface area (Å²) in [7, 11) is 0. The van der Waals surface area contributed by atoms with E-state index in [1.807, 2.05) is 36.4 Å². The molecule has 0 aliphatic rings. The van der Waals surface area contributed by atoms with Crippen molar-refractivity contribution in [3.05, 3.63) is 65.0 Å². The van der Waals surface area contributed by atoms with Gasteiger partial charge >= 0.3 is 29.6 Å². The van der Waals surface area contributed by atoms with Gasteiger partial charge in [-0.2, -0.15) is 0 Å². The zero-order valence-electron chi connectivity index (χ0n) is 18.8. The van der Waals surface area contributed by atoms with E-state index >= 15 is 0 Å². The van der Waals surface area contributed by atoms with Crippen LogP contribution in [0.2, 0.25) is 0 Å². The fourth-order valence-corrected chi connectivity index (χ4v) is 3.64. The number of carboxylic acids is 1. The van der Waals surface area contributed by atoms with Crippen LogP contribution in [0.3, 0.4) is 0 Å². The summed E-state index contributed by atoms with van der Waals surface area (Å²) in [6.07, 6.45) is 9.97. The maximum absolute atomic E-state index is 12.8. The molecule has 32 heavy (non-hydrogen) atoms. The Bertz CT molecular complexity index is 1030. The molecular weight excluding hydrogens is 415 g/mol. The predicted octanol–water partition coefficient (Wildman–Crippen LogP) is 2.10. The van der Waals surface area contributed by atoms with Crippen molar-refractivity contribution in [3.8, 4) is 16.9 Å². The van der Waals surface area contributed by atoms with Crippen LogP contribution in [-0.2, 0) is 4.79 Å². The molecule has 0 unspecified atom stereocenters. The van der Waals surface area contributed by atoms with E-state index in [0.29, 0.717) is 28.9 Å². The SMILES string of the molecule is O=C([O-])CCCCCCCCCCOc1ccc2c(=O)c(-c3ccccc3)coc2c1.[Na+]. The summed E-state index contributed by atoms with van der Waals surface area (Å²) in [5, 5.41) is 10.9. The second kappa shape index (κ2) is 14.1. The smallest absolute Gasteiger partial charge is 0.550 e. The molecule has 0 amide bonds. The van der Waals surface area contributed by atoms with Gasteiger partial charge in [-0.15, -0.1) is 0 Å². The molecule has 0 fully saturated rings. The molecule has 1 heterocycles. The van der Waals surface area contributed by atoms with E-state index in [2.05, 4.69) is 0 Å². The van der Waals surface area contributed by atoms with Crippen LogP contribution in [0.5, 0.6) is 5.75 Å². The zero-order chi connectivity index (χ0) is 21.9. The number of aliphatic carboxylic acids is 1. The van der Waals surface area contributed by atoms with Crippen LogP contribution in [-0.4, -0.2) is 12.6 Å². The molecule has 0 bridgehead atoms. The van der Waals surface area contributed by atoms with E-state index in [9.17, 15) is 14.7 Å². The maximum Gasteiger partial charge on any atom is 1.00 e. The van der Waals surface area contributed by atoms with Crippen molar-refractivity contribution in [2.75, 3.05) is 6.61 Å². The van der Waals surface area contributed by atoms with Gasteiger partial charge in [0.25, 0.3) is 0 Å². The van der Waals surface area contributed by atoms with Crippen LogP contribution in [0.15, 0.2) is 64.0 Å². The van der Waals surface area contributed by atoms with Gasteiger partial charge in [0.05, 0.1) is 17.6 Å².